The number of hydrogen-bond donors (Lipinski definition) is 0. The van der Waals surface area contributed by atoms with Gasteiger partial charge in [0.1, 0.15) is 18.1 Å². The SMILES string of the molecule is COc1ccc(COc2cc(Br)cc(S(=O)[O-])c2)cc1. The number of ether oxygens (including phenoxy) is 2. The largest absolute Gasteiger partial charge is 0.768 e. The monoisotopic (exact) mass is 355 g/mol. The van der Waals surface area contributed by atoms with E-state index in [1.54, 1.807) is 13.2 Å². The maximum Gasteiger partial charge on any atom is 0.122 e. The van der Waals surface area contributed by atoms with Crippen LogP contribution in [0, 0.1) is 0 Å². The Kier molecular flexibility index (Phi) is 5.17. The molecule has 0 aliphatic rings. The van der Waals surface area contributed by atoms with Gasteiger partial charge in [-0.05, 0) is 47.0 Å². The maximum absolute atomic E-state index is 11.0. The summed E-state index contributed by atoms with van der Waals surface area (Å²) >= 11 is 0.978. The maximum atomic E-state index is 11.0. The Morgan fingerprint density at radius 2 is 1.85 bits per heavy atom. The molecule has 0 N–H and O–H groups in total. The second kappa shape index (κ2) is 6.88. The summed E-state index contributed by atoms with van der Waals surface area (Å²) < 4.78 is 33.2. The van der Waals surface area contributed by atoms with Gasteiger partial charge in [0.05, 0.1) is 7.11 Å². The van der Waals surface area contributed by atoms with Gasteiger partial charge in [-0.15, -0.1) is 0 Å². The van der Waals surface area contributed by atoms with Crippen LogP contribution in [0.25, 0.3) is 0 Å². The van der Waals surface area contributed by atoms with E-state index in [1.165, 1.54) is 12.1 Å². The molecule has 0 spiro atoms. The van der Waals surface area contributed by atoms with Crippen molar-refractivity contribution in [3.05, 3.63) is 52.5 Å². The number of halogens is 1. The Balaban J connectivity index is 2.08. The number of hydrogen-bond acceptors (Lipinski definition) is 4. The number of methoxy groups -OCH3 is 1. The van der Waals surface area contributed by atoms with Crippen molar-refractivity contribution in [2.24, 2.45) is 0 Å². The summed E-state index contributed by atoms with van der Waals surface area (Å²) in [5, 5.41) is 0. The predicted molar refractivity (Wildman–Crippen MR) is 78.7 cm³/mol. The molecule has 0 radical (unpaired) electrons. The molecule has 4 nitrogen and oxygen atoms in total. The highest BCUT2D eigenvalue weighted by Gasteiger charge is 2.02. The van der Waals surface area contributed by atoms with Gasteiger partial charge in [-0.25, -0.2) is 0 Å². The fourth-order valence-electron chi connectivity index (χ4n) is 1.61. The first-order chi connectivity index (χ1) is 9.58. The van der Waals surface area contributed by atoms with Crippen molar-refractivity contribution in [3.8, 4) is 11.5 Å². The van der Waals surface area contributed by atoms with Crippen LogP contribution in [-0.4, -0.2) is 15.9 Å². The van der Waals surface area contributed by atoms with Gasteiger partial charge < -0.3 is 14.0 Å². The molecule has 0 aliphatic heterocycles. The van der Waals surface area contributed by atoms with E-state index in [1.807, 2.05) is 24.3 Å². The average molecular weight is 356 g/mol. The molecule has 0 saturated heterocycles. The molecule has 20 heavy (non-hydrogen) atoms. The van der Waals surface area contributed by atoms with E-state index in [9.17, 15) is 8.76 Å². The third-order valence-corrected chi connectivity index (χ3v) is 3.68. The molecule has 1 atom stereocenters. The highest BCUT2D eigenvalue weighted by molar-refractivity contribution is 9.10. The van der Waals surface area contributed by atoms with E-state index in [0.29, 0.717) is 16.8 Å². The van der Waals surface area contributed by atoms with Crippen LogP contribution >= 0.6 is 15.9 Å². The molecule has 0 saturated carbocycles. The molecule has 0 bridgehead atoms. The third kappa shape index (κ3) is 4.06. The lowest BCUT2D eigenvalue weighted by molar-refractivity contribution is 0.305. The minimum absolute atomic E-state index is 0.184. The molecule has 0 fully saturated rings. The summed E-state index contributed by atoms with van der Waals surface area (Å²) in [6.45, 7) is 0.353. The van der Waals surface area contributed by atoms with Gasteiger partial charge in [-0.1, -0.05) is 28.1 Å². The fourth-order valence-corrected chi connectivity index (χ4v) is 2.66. The summed E-state index contributed by atoms with van der Waals surface area (Å²) in [5.41, 5.74) is 0.968. The second-order valence-corrected chi connectivity index (χ2v) is 5.85. The molecular weight excluding hydrogens is 344 g/mol. The number of benzene rings is 2. The van der Waals surface area contributed by atoms with Crippen molar-refractivity contribution >= 4 is 27.0 Å². The molecule has 0 amide bonds. The van der Waals surface area contributed by atoms with E-state index < -0.39 is 11.1 Å². The summed E-state index contributed by atoms with van der Waals surface area (Å²) in [5.74, 6) is 1.27. The van der Waals surface area contributed by atoms with Crippen LogP contribution in [0.3, 0.4) is 0 Å². The first kappa shape index (κ1) is 15.0. The Hall–Kier alpha value is -1.37. The van der Waals surface area contributed by atoms with Crippen molar-refractivity contribution in [1.29, 1.82) is 0 Å². The minimum Gasteiger partial charge on any atom is -0.768 e. The smallest absolute Gasteiger partial charge is 0.122 e. The Labute approximate surface area is 128 Å². The van der Waals surface area contributed by atoms with Crippen molar-refractivity contribution in [1.82, 2.24) is 0 Å². The normalized spacial score (nSPS) is 11.9. The van der Waals surface area contributed by atoms with Crippen LogP contribution in [0.15, 0.2) is 51.8 Å². The molecule has 0 heterocycles. The Morgan fingerprint density at radius 1 is 1.15 bits per heavy atom. The van der Waals surface area contributed by atoms with Crippen molar-refractivity contribution < 1.29 is 18.2 Å². The highest BCUT2D eigenvalue weighted by Crippen LogP contribution is 2.24. The third-order valence-electron chi connectivity index (χ3n) is 2.60. The molecule has 106 valence electrons. The summed E-state index contributed by atoms with van der Waals surface area (Å²) in [7, 11) is 1.61. The van der Waals surface area contributed by atoms with Crippen LogP contribution in [0.5, 0.6) is 11.5 Å². The lowest BCUT2D eigenvalue weighted by Crippen LogP contribution is -1.97. The molecule has 2 rings (SSSR count). The van der Waals surface area contributed by atoms with Gasteiger partial charge in [0.25, 0.3) is 0 Å². The van der Waals surface area contributed by atoms with Gasteiger partial charge in [-0.2, -0.15) is 0 Å². The quantitative estimate of drug-likeness (QED) is 0.772. The Bertz CT molecular complexity index is 613. The zero-order valence-corrected chi connectivity index (χ0v) is 13.1. The van der Waals surface area contributed by atoms with E-state index in [-0.39, 0.29) is 4.90 Å². The van der Waals surface area contributed by atoms with Crippen molar-refractivity contribution in [2.75, 3.05) is 7.11 Å². The zero-order valence-electron chi connectivity index (χ0n) is 10.7. The summed E-state index contributed by atoms with van der Waals surface area (Å²) in [4.78, 5) is 0.184. The topological polar surface area (TPSA) is 58.6 Å². The predicted octanol–water partition coefficient (Wildman–Crippen LogP) is 3.27. The highest BCUT2D eigenvalue weighted by atomic mass is 79.9. The van der Waals surface area contributed by atoms with E-state index in [4.69, 9.17) is 9.47 Å². The first-order valence-corrected chi connectivity index (χ1v) is 7.61. The van der Waals surface area contributed by atoms with Crippen molar-refractivity contribution in [2.45, 2.75) is 11.5 Å². The van der Waals surface area contributed by atoms with Gasteiger partial charge in [0, 0.05) is 9.37 Å². The van der Waals surface area contributed by atoms with Crippen LogP contribution in [0.2, 0.25) is 0 Å². The van der Waals surface area contributed by atoms with E-state index in [0.717, 1.165) is 11.3 Å². The molecular formula is C14H12BrO4S-. The lowest BCUT2D eigenvalue weighted by Gasteiger charge is -2.11. The molecule has 2 aromatic rings. The first-order valence-electron chi connectivity index (χ1n) is 5.74. The Morgan fingerprint density at radius 3 is 2.45 bits per heavy atom. The summed E-state index contributed by atoms with van der Waals surface area (Å²) in [6, 6.07) is 12.2. The second-order valence-electron chi connectivity index (χ2n) is 3.99. The van der Waals surface area contributed by atoms with Crippen LogP contribution in [-0.2, 0) is 17.7 Å². The zero-order chi connectivity index (χ0) is 14.5. The number of rotatable bonds is 5. The van der Waals surface area contributed by atoms with Crippen LogP contribution in [0.4, 0.5) is 0 Å². The molecule has 1 unspecified atom stereocenters. The minimum atomic E-state index is -2.28. The van der Waals surface area contributed by atoms with Crippen LogP contribution in [0.1, 0.15) is 5.56 Å². The van der Waals surface area contributed by atoms with Gasteiger partial charge in [0.2, 0.25) is 0 Å². The van der Waals surface area contributed by atoms with E-state index >= 15 is 0 Å². The molecule has 0 aliphatic carbocycles. The standard InChI is InChI=1S/C14H13BrO4S/c1-18-12-4-2-10(3-5-12)9-19-13-6-11(15)7-14(8-13)20(16)17/h2-8H,9H2,1H3,(H,16,17)/p-1. The molecule has 0 aromatic heterocycles. The van der Waals surface area contributed by atoms with Gasteiger partial charge in [0.15, 0.2) is 0 Å². The van der Waals surface area contributed by atoms with E-state index in [2.05, 4.69) is 15.9 Å². The lowest BCUT2D eigenvalue weighted by atomic mass is 10.2. The van der Waals surface area contributed by atoms with Gasteiger partial charge >= 0.3 is 0 Å². The molecule has 2 aromatic carbocycles. The average Bonchev–Trinajstić information content (AvgIpc) is 2.45. The molecule has 6 heteroatoms. The van der Waals surface area contributed by atoms with Crippen molar-refractivity contribution in [3.63, 3.8) is 0 Å². The summed E-state index contributed by atoms with van der Waals surface area (Å²) in [6.07, 6.45) is 0. The fraction of sp³-hybridized carbons (Fsp3) is 0.143. The van der Waals surface area contributed by atoms with Gasteiger partial charge in [-0.3, -0.25) is 4.21 Å². The van der Waals surface area contributed by atoms with Crippen LogP contribution < -0.4 is 9.47 Å².